The molecule has 0 aromatic carbocycles. The largest absolute Gasteiger partial charge is 0.412 e. The smallest absolute Gasteiger partial charge is 0.00748 e. The van der Waals surface area contributed by atoms with Gasteiger partial charge >= 0.3 is 0 Å². The molecular formula is C4H12OS. The van der Waals surface area contributed by atoms with E-state index in [-0.39, 0.29) is 5.48 Å². The second-order valence-electron chi connectivity index (χ2n) is 1.58. The first kappa shape index (κ1) is 9.58. The summed E-state index contributed by atoms with van der Waals surface area (Å²) in [5.41, 5.74) is 0. The van der Waals surface area contributed by atoms with Gasteiger partial charge in [0.05, 0.1) is 0 Å². The minimum absolute atomic E-state index is 0. The molecule has 0 heterocycles. The lowest BCUT2D eigenvalue weighted by molar-refractivity contribution is 0.753. The highest BCUT2D eigenvalue weighted by atomic mass is 32.1. The van der Waals surface area contributed by atoms with Gasteiger partial charge in [-0.1, -0.05) is 13.8 Å². The molecule has 0 fully saturated rings. The molecule has 0 atom stereocenters. The predicted molar refractivity (Wildman–Crippen MR) is 32.3 cm³/mol. The fourth-order valence-corrected chi connectivity index (χ4v) is 0. The molecule has 40 valence electrons. The Labute approximate surface area is 44.5 Å². The van der Waals surface area contributed by atoms with E-state index in [1.807, 2.05) is 0 Å². The Hall–Kier alpha value is 0.310. The summed E-state index contributed by atoms with van der Waals surface area (Å²) in [5, 5.41) is 0. The van der Waals surface area contributed by atoms with Gasteiger partial charge in [0.15, 0.2) is 0 Å². The van der Waals surface area contributed by atoms with Crippen LogP contribution in [0.25, 0.3) is 0 Å². The third kappa shape index (κ3) is 8.85. The van der Waals surface area contributed by atoms with Gasteiger partial charge in [-0.3, -0.25) is 0 Å². The number of thiol groups is 1. The molecule has 0 rings (SSSR count). The lowest BCUT2D eigenvalue weighted by Gasteiger charge is -1.89. The SMILES string of the molecule is CC(C)CS.O. The molecule has 2 N–H and O–H groups in total. The summed E-state index contributed by atoms with van der Waals surface area (Å²) in [6, 6.07) is 0. The van der Waals surface area contributed by atoms with Crippen molar-refractivity contribution >= 4 is 12.6 Å². The number of hydrogen-bond acceptors (Lipinski definition) is 1. The molecule has 0 unspecified atom stereocenters. The standard InChI is InChI=1S/C4H10S.H2O/c1-4(2)3-5;/h4-5H,3H2,1-2H3;1H2. The Morgan fingerprint density at radius 2 is 1.67 bits per heavy atom. The molecule has 0 aliphatic heterocycles. The Balaban J connectivity index is 0. The van der Waals surface area contributed by atoms with E-state index in [9.17, 15) is 0 Å². The van der Waals surface area contributed by atoms with E-state index in [1.165, 1.54) is 0 Å². The van der Waals surface area contributed by atoms with Crippen molar-refractivity contribution in [2.45, 2.75) is 13.8 Å². The Morgan fingerprint density at radius 1 is 1.50 bits per heavy atom. The van der Waals surface area contributed by atoms with Gasteiger partial charge in [-0.2, -0.15) is 12.6 Å². The van der Waals surface area contributed by atoms with Gasteiger partial charge < -0.3 is 5.48 Å². The van der Waals surface area contributed by atoms with E-state index in [2.05, 4.69) is 26.5 Å². The van der Waals surface area contributed by atoms with E-state index >= 15 is 0 Å². The molecular weight excluding hydrogens is 96.1 g/mol. The van der Waals surface area contributed by atoms with Gasteiger partial charge in [0, 0.05) is 0 Å². The van der Waals surface area contributed by atoms with Crippen molar-refractivity contribution in [2.75, 3.05) is 5.75 Å². The molecule has 0 aromatic rings. The predicted octanol–water partition coefficient (Wildman–Crippen LogP) is 0.747. The quantitative estimate of drug-likeness (QED) is 0.481. The van der Waals surface area contributed by atoms with Crippen molar-refractivity contribution in [1.82, 2.24) is 0 Å². The summed E-state index contributed by atoms with van der Waals surface area (Å²) in [6.07, 6.45) is 0. The zero-order valence-corrected chi connectivity index (χ0v) is 5.13. The van der Waals surface area contributed by atoms with Crippen LogP contribution in [0.4, 0.5) is 0 Å². The third-order valence-electron chi connectivity index (χ3n) is 0.365. The highest BCUT2D eigenvalue weighted by Crippen LogP contribution is 1.90. The van der Waals surface area contributed by atoms with Crippen molar-refractivity contribution in [3.8, 4) is 0 Å². The molecule has 0 saturated carbocycles. The molecule has 6 heavy (non-hydrogen) atoms. The van der Waals surface area contributed by atoms with Crippen LogP contribution in [0.1, 0.15) is 13.8 Å². The van der Waals surface area contributed by atoms with Crippen molar-refractivity contribution in [1.29, 1.82) is 0 Å². The molecule has 0 spiro atoms. The lowest BCUT2D eigenvalue weighted by Crippen LogP contribution is -1.83. The van der Waals surface area contributed by atoms with Gasteiger partial charge in [0.25, 0.3) is 0 Å². The van der Waals surface area contributed by atoms with E-state index in [1.54, 1.807) is 0 Å². The first-order chi connectivity index (χ1) is 2.27. The number of hydrogen-bond donors (Lipinski definition) is 1. The third-order valence-corrected chi connectivity index (χ3v) is 1.10. The van der Waals surface area contributed by atoms with Crippen LogP contribution < -0.4 is 0 Å². The normalized spacial score (nSPS) is 8.00. The Kier molecular flexibility index (Phi) is 8.48. The van der Waals surface area contributed by atoms with Gasteiger partial charge in [-0.15, -0.1) is 0 Å². The first-order valence-electron chi connectivity index (χ1n) is 1.88. The Morgan fingerprint density at radius 3 is 1.67 bits per heavy atom. The van der Waals surface area contributed by atoms with Crippen LogP contribution in [0.5, 0.6) is 0 Å². The molecule has 0 aromatic heterocycles. The topological polar surface area (TPSA) is 31.5 Å². The maximum Gasteiger partial charge on any atom is -0.00748 e. The van der Waals surface area contributed by atoms with Crippen molar-refractivity contribution in [3.05, 3.63) is 0 Å². The average molecular weight is 108 g/mol. The fraction of sp³-hybridized carbons (Fsp3) is 1.00. The second kappa shape index (κ2) is 5.31. The van der Waals surface area contributed by atoms with Gasteiger partial charge in [0.1, 0.15) is 0 Å². The fourth-order valence-electron chi connectivity index (χ4n) is 0. The van der Waals surface area contributed by atoms with E-state index in [0.717, 1.165) is 11.7 Å². The maximum atomic E-state index is 4.02. The van der Waals surface area contributed by atoms with Crippen LogP contribution in [0, 0.1) is 5.92 Å². The zero-order valence-electron chi connectivity index (χ0n) is 4.23. The van der Waals surface area contributed by atoms with Crippen LogP contribution >= 0.6 is 12.6 Å². The minimum atomic E-state index is 0. The van der Waals surface area contributed by atoms with E-state index < -0.39 is 0 Å². The second-order valence-corrected chi connectivity index (χ2v) is 1.94. The van der Waals surface area contributed by atoms with Crippen molar-refractivity contribution < 1.29 is 5.48 Å². The average Bonchev–Trinajstić information content (AvgIpc) is 1.38. The summed E-state index contributed by atoms with van der Waals surface area (Å²) in [5.74, 6) is 1.75. The molecule has 1 nitrogen and oxygen atoms in total. The summed E-state index contributed by atoms with van der Waals surface area (Å²) in [7, 11) is 0. The summed E-state index contributed by atoms with van der Waals surface area (Å²) >= 11 is 4.02. The molecule has 0 bridgehead atoms. The van der Waals surface area contributed by atoms with Crippen molar-refractivity contribution in [2.24, 2.45) is 5.92 Å². The molecule has 2 heteroatoms. The first-order valence-corrected chi connectivity index (χ1v) is 2.51. The molecule has 0 saturated heterocycles. The van der Waals surface area contributed by atoms with E-state index in [0.29, 0.717) is 0 Å². The van der Waals surface area contributed by atoms with Crippen LogP contribution in [-0.4, -0.2) is 11.2 Å². The van der Waals surface area contributed by atoms with Crippen LogP contribution in [0.2, 0.25) is 0 Å². The van der Waals surface area contributed by atoms with E-state index in [4.69, 9.17) is 0 Å². The van der Waals surface area contributed by atoms with Crippen molar-refractivity contribution in [3.63, 3.8) is 0 Å². The highest BCUT2D eigenvalue weighted by Gasteiger charge is 1.80. The van der Waals surface area contributed by atoms with Crippen LogP contribution in [0.15, 0.2) is 0 Å². The molecule has 0 amide bonds. The van der Waals surface area contributed by atoms with Gasteiger partial charge in [0.2, 0.25) is 0 Å². The summed E-state index contributed by atoms with van der Waals surface area (Å²) in [6.45, 7) is 4.29. The Bertz CT molecular complexity index is 21.5. The molecule has 0 aliphatic carbocycles. The maximum absolute atomic E-state index is 4.02. The summed E-state index contributed by atoms with van der Waals surface area (Å²) < 4.78 is 0. The van der Waals surface area contributed by atoms with Crippen LogP contribution in [-0.2, 0) is 0 Å². The minimum Gasteiger partial charge on any atom is -0.412 e. The zero-order chi connectivity index (χ0) is 4.28. The van der Waals surface area contributed by atoms with Crippen LogP contribution in [0.3, 0.4) is 0 Å². The lowest BCUT2D eigenvalue weighted by atomic mass is 10.3. The highest BCUT2D eigenvalue weighted by molar-refractivity contribution is 7.80. The monoisotopic (exact) mass is 108 g/mol. The van der Waals surface area contributed by atoms with Gasteiger partial charge in [-0.05, 0) is 11.7 Å². The van der Waals surface area contributed by atoms with Gasteiger partial charge in [-0.25, -0.2) is 0 Å². The number of rotatable bonds is 1. The molecule has 0 radical (unpaired) electrons. The molecule has 0 aliphatic rings. The summed E-state index contributed by atoms with van der Waals surface area (Å²) in [4.78, 5) is 0.